The topological polar surface area (TPSA) is 59.2 Å². The van der Waals surface area contributed by atoms with Crippen molar-refractivity contribution in [2.75, 3.05) is 18.4 Å². The number of rotatable bonds is 4. The second kappa shape index (κ2) is 6.39. The minimum atomic E-state index is 0.432. The Hall–Kier alpha value is -2.86. The summed E-state index contributed by atoms with van der Waals surface area (Å²) in [7, 11) is 0. The Balaban J connectivity index is 1.68. The molecule has 0 amide bonds. The van der Waals surface area contributed by atoms with E-state index >= 15 is 0 Å². The van der Waals surface area contributed by atoms with E-state index < -0.39 is 0 Å². The van der Waals surface area contributed by atoms with Gasteiger partial charge in [0, 0.05) is 24.8 Å². The van der Waals surface area contributed by atoms with Gasteiger partial charge in [0.05, 0.1) is 16.7 Å². The fraction of sp³-hybridized carbons (Fsp3) is 0.333. The fourth-order valence-electron chi connectivity index (χ4n) is 4.12. The van der Waals surface area contributed by atoms with E-state index in [9.17, 15) is 0 Å². The zero-order chi connectivity index (χ0) is 18.4. The summed E-state index contributed by atoms with van der Waals surface area (Å²) in [4.78, 5) is 0. The molecule has 1 atom stereocenters. The minimum absolute atomic E-state index is 0.432. The van der Waals surface area contributed by atoms with Crippen LogP contribution in [0.4, 0.5) is 5.69 Å². The molecular weight excluding hydrogens is 336 g/mol. The summed E-state index contributed by atoms with van der Waals surface area (Å²) in [6.07, 6.45) is 1.13. The molecule has 0 aliphatic carbocycles. The SMILES string of the molecule is Cc1cc2c(cc(NC3CCNC3)c3nnc(C)n32)n1Cc1ccccc1. The third-order valence-electron chi connectivity index (χ3n) is 5.52. The highest BCUT2D eigenvalue weighted by molar-refractivity contribution is 5.88. The van der Waals surface area contributed by atoms with Crippen molar-refractivity contribution in [1.82, 2.24) is 24.5 Å². The lowest BCUT2D eigenvalue weighted by Crippen LogP contribution is -2.22. The molecule has 4 aromatic rings. The maximum Gasteiger partial charge on any atom is 0.184 e. The first-order chi connectivity index (χ1) is 13.2. The summed E-state index contributed by atoms with van der Waals surface area (Å²) < 4.78 is 4.55. The third-order valence-corrected chi connectivity index (χ3v) is 5.52. The summed E-state index contributed by atoms with van der Waals surface area (Å²) in [5, 5.41) is 15.9. The number of hydrogen-bond acceptors (Lipinski definition) is 4. The third kappa shape index (κ3) is 2.77. The second-order valence-electron chi connectivity index (χ2n) is 7.43. The van der Waals surface area contributed by atoms with Gasteiger partial charge in [-0.15, -0.1) is 10.2 Å². The predicted octanol–water partition coefficient (Wildman–Crippen LogP) is 3.12. The largest absolute Gasteiger partial charge is 0.378 e. The molecule has 3 aromatic heterocycles. The number of fused-ring (bicyclic) bond motifs is 3. The Morgan fingerprint density at radius 1 is 1.11 bits per heavy atom. The van der Waals surface area contributed by atoms with E-state index in [1.165, 1.54) is 16.8 Å². The minimum Gasteiger partial charge on any atom is -0.378 e. The highest BCUT2D eigenvalue weighted by atomic mass is 15.3. The maximum absolute atomic E-state index is 4.45. The summed E-state index contributed by atoms with van der Waals surface area (Å²) >= 11 is 0. The first-order valence-electron chi connectivity index (χ1n) is 9.56. The molecule has 2 N–H and O–H groups in total. The van der Waals surface area contributed by atoms with Gasteiger partial charge >= 0.3 is 0 Å². The van der Waals surface area contributed by atoms with Crippen LogP contribution in [0.25, 0.3) is 16.7 Å². The number of nitrogens with zero attached hydrogens (tertiary/aromatic N) is 4. The van der Waals surface area contributed by atoms with Gasteiger partial charge in [0.1, 0.15) is 5.82 Å². The van der Waals surface area contributed by atoms with Gasteiger partial charge in [-0.2, -0.15) is 0 Å². The van der Waals surface area contributed by atoms with Gasteiger partial charge in [-0.05, 0) is 44.5 Å². The van der Waals surface area contributed by atoms with E-state index in [4.69, 9.17) is 0 Å². The van der Waals surface area contributed by atoms with Crippen molar-refractivity contribution < 1.29 is 0 Å². The fourth-order valence-corrected chi connectivity index (χ4v) is 4.12. The molecule has 1 aliphatic rings. The Kier molecular flexibility index (Phi) is 3.86. The smallest absolute Gasteiger partial charge is 0.184 e. The average molecular weight is 360 g/mol. The summed E-state index contributed by atoms with van der Waals surface area (Å²) in [6.45, 7) is 7.09. The molecule has 5 rings (SSSR count). The first kappa shape index (κ1) is 16.3. The van der Waals surface area contributed by atoms with Crippen molar-refractivity contribution in [3.05, 3.63) is 59.5 Å². The van der Waals surface area contributed by atoms with Crippen LogP contribution in [0.3, 0.4) is 0 Å². The number of hydrogen-bond donors (Lipinski definition) is 2. The molecule has 1 aromatic carbocycles. The van der Waals surface area contributed by atoms with Crippen LogP contribution in [0.5, 0.6) is 0 Å². The van der Waals surface area contributed by atoms with Crippen LogP contribution >= 0.6 is 0 Å². The molecule has 1 saturated heterocycles. The van der Waals surface area contributed by atoms with Gasteiger partial charge in [0.15, 0.2) is 5.65 Å². The van der Waals surface area contributed by atoms with E-state index in [0.29, 0.717) is 6.04 Å². The van der Waals surface area contributed by atoms with Crippen molar-refractivity contribution in [2.45, 2.75) is 32.9 Å². The van der Waals surface area contributed by atoms with Crippen LogP contribution in [-0.2, 0) is 6.54 Å². The van der Waals surface area contributed by atoms with Crippen molar-refractivity contribution in [3.8, 4) is 0 Å². The zero-order valence-electron chi connectivity index (χ0n) is 15.7. The van der Waals surface area contributed by atoms with Crippen LogP contribution in [0, 0.1) is 13.8 Å². The molecular formula is C21H24N6. The normalized spacial score (nSPS) is 17.2. The monoisotopic (exact) mass is 360 g/mol. The lowest BCUT2D eigenvalue weighted by Gasteiger charge is -2.15. The molecule has 0 bridgehead atoms. The molecule has 4 heterocycles. The molecule has 1 aliphatic heterocycles. The van der Waals surface area contributed by atoms with E-state index in [1.54, 1.807) is 0 Å². The van der Waals surface area contributed by atoms with E-state index in [0.717, 1.165) is 48.7 Å². The lowest BCUT2D eigenvalue weighted by atomic mass is 10.2. The van der Waals surface area contributed by atoms with Crippen LogP contribution in [0.15, 0.2) is 42.5 Å². The van der Waals surface area contributed by atoms with Crippen LogP contribution in [0.1, 0.15) is 23.5 Å². The molecule has 1 unspecified atom stereocenters. The highest BCUT2D eigenvalue weighted by Gasteiger charge is 2.20. The Morgan fingerprint density at radius 3 is 2.74 bits per heavy atom. The average Bonchev–Trinajstić information content (AvgIpc) is 3.38. The second-order valence-corrected chi connectivity index (χ2v) is 7.43. The highest BCUT2D eigenvalue weighted by Crippen LogP contribution is 2.29. The lowest BCUT2D eigenvalue weighted by molar-refractivity contribution is 0.791. The molecule has 0 spiro atoms. The number of benzene rings is 1. The maximum atomic E-state index is 4.45. The van der Waals surface area contributed by atoms with Crippen molar-refractivity contribution in [3.63, 3.8) is 0 Å². The quantitative estimate of drug-likeness (QED) is 0.587. The zero-order valence-corrected chi connectivity index (χ0v) is 15.7. The Bertz CT molecular complexity index is 1100. The number of aromatic nitrogens is 4. The van der Waals surface area contributed by atoms with Gasteiger partial charge in [0.25, 0.3) is 0 Å². The van der Waals surface area contributed by atoms with Crippen molar-refractivity contribution in [1.29, 1.82) is 0 Å². The molecule has 1 fully saturated rings. The molecule has 27 heavy (non-hydrogen) atoms. The van der Waals surface area contributed by atoms with Gasteiger partial charge < -0.3 is 15.2 Å². The standard InChI is InChI=1S/C21H24N6/c1-14-10-20-19(26(14)13-16-6-4-3-5-7-16)11-18(23-17-8-9-22-12-17)21-25-24-15(2)27(20)21/h3-7,10-11,17,22-23H,8-9,12-13H2,1-2H3. The van der Waals surface area contributed by atoms with Gasteiger partial charge in [-0.1, -0.05) is 30.3 Å². The number of anilines is 1. The number of nitrogens with one attached hydrogen (secondary N) is 2. The van der Waals surface area contributed by atoms with Crippen LogP contribution in [-0.4, -0.2) is 38.3 Å². The molecule has 0 radical (unpaired) electrons. The molecule has 6 heteroatoms. The van der Waals surface area contributed by atoms with Crippen molar-refractivity contribution in [2.24, 2.45) is 0 Å². The summed E-state index contributed by atoms with van der Waals surface area (Å²) in [5.41, 5.74) is 6.88. The predicted molar refractivity (Wildman–Crippen MR) is 108 cm³/mol. The van der Waals surface area contributed by atoms with Crippen molar-refractivity contribution >= 4 is 22.4 Å². The number of pyridine rings is 1. The molecule has 0 saturated carbocycles. The van der Waals surface area contributed by atoms with Gasteiger partial charge in [-0.25, -0.2) is 0 Å². The van der Waals surface area contributed by atoms with E-state index in [2.05, 4.69) is 79.2 Å². The molecule has 6 nitrogen and oxygen atoms in total. The van der Waals surface area contributed by atoms with Gasteiger partial charge in [-0.3, -0.25) is 4.40 Å². The van der Waals surface area contributed by atoms with E-state index in [1.807, 2.05) is 6.92 Å². The number of aryl methyl sites for hydroxylation is 2. The molecule has 138 valence electrons. The Labute approximate surface area is 158 Å². The van der Waals surface area contributed by atoms with Gasteiger partial charge in [0.2, 0.25) is 0 Å². The summed E-state index contributed by atoms with van der Waals surface area (Å²) in [6, 6.07) is 15.5. The first-order valence-corrected chi connectivity index (χ1v) is 9.56. The van der Waals surface area contributed by atoms with Crippen LogP contribution < -0.4 is 10.6 Å². The summed E-state index contributed by atoms with van der Waals surface area (Å²) in [5.74, 6) is 0.917. The Morgan fingerprint density at radius 2 is 1.96 bits per heavy atom. The van der Waals surface area contributed by atoms with Crippen LogP contribution in [0.2, 0.25) is 0 Å². The van der Waals surface area contributed by atoms with E-state index in [-0.39, 0.29) is 0 Å².